The molecule has 1 aromatic carbocycles. The Bertz CT molecular complexity index is 469. The van der Waals surface area contributed by atoms with Crippen LogP contribution in [0, 0.1) is 0 Å². The number of hydrogen-bond donors (Lipinski definition) is 1. The summed E-state index contributed by atoms with van der Waals surface area (Å²) in [5, 5.41) is 3.33. The van der Waals surface area contributed by atoms with Gasteiger partial charge in [0.15, 0.2) is 5.96 Å². The van der Waals surface area contributed by atoms with Crippen molar-refractivity contribution in [3.63, 3.8) is 0 Å². The zero-order valence-corrected chi connectivity index (χ0v) is 15.9. The predicted octanol–water partition coefficient (Wildman–Crippen LogP) is 2.90. The van der Waals surface area contributed by atoms with E-state index < -0.39 is 0 Å². The van der Waals surface area contributed by atoms with Gasteiger partial charge in [-0.25, -0.2) is 0 Å². The second-order valence-corrected chi connectivity index (χ2v) is 6.00. The van der Waals surface area contributed by atoms with Crippen molar-refractivity contribution >= 4 is 21.9 Å². The summed E-state index contributed by atoms with van der Waals surface area (Å²) in [6.45, 7) is 6.47. The number of halogens is 1. The van der Waals surface area contributed by atoms with Gasteiger partial charge in [0.25, 0.3) is 0 Å². The van der Waals surface area contributed by atoms with Crippen LogP contribution in [0.25, 0.3) is 0 Å². The lowest BCUT2D eigenvalue weighted by Gasteiger charge is -2.22. The Kier molecular flexibility index (Phi) is 10.7. The second-order valence-electron chi connectivity index (χ2n) is 5.14. The highest BCUT2D eigenvalue weighted by molar-refractivity contribution is 9.10. The van der Waals surface area contributed by atoms with Crippen molar-refractivity contribution in [2.45, 2.75) is 19.9 Å². The average molecular weight is 386 g/mol. The molecule has 0 atom stereocenters. The topological polar surface area (TPSA) is 46.1 Å². The molecule has 5 nitrogen and oxygen atoms in total. The summed E-state index contributed by atoms with van der Waals surface area (Å²) in [6.07, 6.45) is 0.904. The molecule has 0 spiro atoms. The number of hydrogen-bond acceptors (Lipinski definition) is 3. The summed E-state index contributed by atoms with van der Waals surface area (Å²) >= 11 is 3.59. The lowest BCUT2D eigenvalue weighted by molar-refractivity contribution is 0.0702. The standard InChI is InChI=1S/C17H28BrN3O2/c1-4-19-17(20-10-7-11-23-13-12-22-3)21(2)14-15-8-5-6-9-16(15)18/h5-6,8-9H,4,7,10-14H2,1-3H3,(H,19,20). The smallest absolute Gasteiger partial charge is 0.193 e. The molecular weight excluding hydrogens is 358 g/mol. The molecule has 0 heterocycles. The first-order valence-electron chi connectivity index (χ1n) is 7.98. The molecule has 130 valence electrons. The molecule has 0 fully saturated rings. The maximum absolute atomic E-state index is 5.45. The molecule has 0 aromatic heterocycles. The van der Waals surface area contributed by atoms with E-state index in [1.807, 2.05) is 6.07 Å². The summed E-state index contributed by atoms with van der Waals surface area (Å²) in [4.78, 5) is 6.80. The Morgan fingerprint density at radius 2 is 2.04 bits per heavy atom. The molecule has 1 N–H and O–H groups in total. The third-order valence-electron chi connectivity index (χ3n) is 3.20. The van der Waals surface area contributed by atoms with Crippen molar-refractivity contribution in [2.75, 3.05) is 47.1 Å². The Morgan fingerprint density at radius 3 is 2.74 bits per heavy atom. The van der Waals surface area contributed by atoms with Crippen molar-refractivity contribution in [3.8, 4) is 0 Å². The highest BCUT2D eigenvalue weighted by Gasteiger charge is 2.08. The molecule has 0 unspecified atom stereocenters. The zero-order chi connectivity index (χ0) is 16.9. The summed E-state index contributed by atoms with van der Waals surface area (Å²) in [6, 6.07) is 8.25. The molecule has 0 saturated heterocycles. The van der Waals surface area contributed by atoms with E-state index in [4.69, 9.17) is 9.47 Å². The van der Waals surface area contributed by atoms with E-state index in [1.54, 1.807) is 7.11 Å². The maximum atomic E-state index is 5.45. The first kappa shape index (κ1) is 19.9. The van der Waals surface area contributed by atoms with Gasteiger partial charge in [-0.3, -0.25) is 4.99 Å². The van der Waals surface area contributed by atoms with E-state index in [0.717, 1.165) is 36.5 Å². The van der Waals surface area contributed by atoms with Crippen LogP contribution >= 0.6 is 15.9 Å². The van der Waals surface area contributed by atoms with Gasteiger partial charge in [-0.2, -0.15) is 0 Å². The minimum Gasteiger partial charge on any atom is -0.382 e. The second kappa shape index (κ2) is 12.3. The van der Waals surface area contributed by atoms with Gasteiger partial charge in [-0.1, -0.05) is 34.1 Å². The Labute approximate surface area is 148 Å². The number of benzene rings is 1. The van der Waals surface area contributed by atoms with E-state index in [9.17, 15) is 0 Å². The van der Waals surface area contributed by atoms with Gasteiger partial charge in [0.05, 0.1) is 13.2 Å². The number of nitrogens with zero attached hydrogens (tertiary/aromatic N) is 2. The molecule has 23 heavy (non-hydrogen) atoms. The fraction of sp³-hybridized carbons (Fsp3) is 0.588. The molecule has 1 aromatic rings. The minimum atomic E-state index is 0.639. The number of guanidine groups is 1. The highest BCUT2D eigenvalue weighted by Crippen LogP contribution is 2.17. The summed E-state index contributed by atoms with van der Waals surface area (Å²) in [7, 11) is 3.73. The van der Waals surface area contributed by atoms with Gasteiger partial charge in [-0.15, -0.1) is 0 Å². The largest absolute Gasteiger partial charge is 0.382 e. The number of nitrogens with one attached hydrogen (secondary N) is 1. The molecule has 0 aliphatic heterocycles. The van der Waals surface area contributed by atoms with E-state index in [1.165, 1.54) is 5.56 Å². The average Bonchev–Trinajstić information content (AvgIpc) is 2.55. The van der Waals surface area contributed by atoms with Crippen LogP contribution in [0.4, 0.5) is 0 Å². The third kappa shape index (κ3) is 8.34. The summed E-state index contributed by atoms with van der Waals surface area (Å²) in [5.41, 5.74) is 1.24. The molecule has 0 bridgehead atoms. The highest BCUT2D eigenvalue weighted by atomic mass is 79.9. The van der Waals surface area contributed by atoms with Crippen molar-refractivity contribution < 1.29 is 9.47 Å². The Morgan fingerprint density at radius 1 is 1.26 bits per heavy atom. The summed E-state index contributed by atoms with van der Waals surface area (Å²) in [5.74, 6) is 0.917. The van der Waals surface area contributed by atoms with Gasteiger partial charge in [0, 0.05) is 44.9 Å². The zero-order valence-electron chi connectivity index (χ0n) is 14.3. The monoisotopic (exact) mass is 385 g/mol. The van der Waals surface area contributed by atoms with Gasteiger partial charge >= 0.3 is 0 Å². The van der Waals surface area contributed by atoms with Gasteiger partial charge in [0.1, 0.15) is 0 Å². The first-order valence-corrected chi connectivity index (χ1v) is 8.77. The summed E-state index contributed by atoms with van der Waals surface area (Å²) < 4.78 is 11.5. The lowest BCUT2D eigenvalue weighted by atomic mass is 10.2. The van der Waals surface area contributed by atoms with Crippen LogP contribution in [0.2, 0.25) is 0 Å². The van der Waals surface area contributed by atoms with Crippen LogP contribution in [0.3, 0.4) is 0 Å². The minimum absolute atomic E-state index is 0.639. The molecular formula is C17H28BrN3O2. The number of rotatable bonds is 10. The van der Waals surface area contributed by atoms with Crippen LogP contribution in [0.15, 0.2) is 33.7 Å². The van der Waals surface area contributed by atoms with Crippen LogP contribution < -0.4 is 5.32 Å². The Hall–Kier alpha value is -1.11. The van der Waals surface area contributed by atoms with Crippen molar-refractivity contribution in [1.82, 2.24) is 10.2 Å². The maximum Gasteiger partial charge on any atom is 0.193 e. The SMILES string of the molecule is CCNC(=NCCCOCCOC)N(C)Cc1ccccc1Br. The molecule has 0 radical (unpaired) electrons. The lowest BCUT2D eigenvalue weighted by Crippen LogP contribution is -2.38. The number of aliphatic imine (C=N–C) groups is 1. The van der Waals surface area contributed by atoms with Crippen LogP contribution in [0.5, 0.6) is 0 Å². The Balaban J connectivity index is 2.45. The molecule has 1 rings (SSSR count). The molecule has 0 aliphatic rings. The first-order chi connectivity index (χ1) is 11.2. The molecule has 0 saturated carbocycles. The predicted molar refractivity (Wildman–Crippen MR) is 98.9 cm³/mol. The third-order valence-corrected chi connectivity index (χ3v) is 3.98. The van der Waals surface area contributed by atoms with Gasteiger partial charge in [0.2, 0.25) is 0 Å². The number of ether oxygens (including phenoxy) is 2. The number of methoxy groups -OCH3 is 1. The van der Waals surface area contributed by atoms with E-state index >= 15 is 0 Å². The van der Waals surface area contributed by atoms with Gasteiger partial charge in [-0.05, 0) is 25.0 Å². The fourth-order valence-corrected chi connectivity index (χ4v) is 2.43. The van der Waals surface area contributed by atoms with Crippen LogP contribution in [-0.2, 0) is 16.0 Å². The van der Waals surface area contributed by atoms with Gasteiger partial charge < -0.3 is 19.7 Å². The molecule has 6 heteroatoms. The fourth-order valence-electron chi connectivity index (χ4n) is 2.02. The van der Waals surface area contributed by atoms with Crippen LogP contribution in [0.1, 0.15) is 18.9 Å². The quantitative estimate of drug-likeness (QED) is 0.382. The van der Waals surface area contributed by atoms with Crippen LogP contribution in [-0.4, -0.2) is 57.9 Å². The van der Waals surface area contributed by atoms with Crippen molar-refractivity contribution in [3.05, 3.63) is 34.3 Å². The molecule has 0 amide bonds. The van der Waals surface area contributed by atoms with E-state index in [0.29, 0.717) is 19.8 Å². The normalized spacial score (nSPS) is 11.6. The molecule has 0 aliphatic carbocycles. The van der Waals surface area contributed by atoms with Crippen molar-refractivity contribution in [2.24, 2.45) is 4.99 Å². The van der Waals surface area contributed by atoms with E-state index in [-0.39, 0.29) is 0 Å². The van der Waals surface area contributed by atoms with E-state index in [2.05, 4.69) is 63.3 Å². The van der Waals surface area contributed by atoms with Crippen molar-refractivity contribution in [1.29, 1.82) is 0 Å².